The summed E-state index contributed by atoms with van der Waals surface area (Å²) in [5.74, 6) is -0.256. The molecule has 0 unspecified atom stereocenters. The third-order valence-corrected chi connectivity index (χ3v) is 1.38. The molecule has 0 aromatic heterocycles. The first-order valence-electron chi connectivity index (χ1n) is 3.75. The summed E-state index contributed by atoms with van der Waals surface area (Å²) in [5, 5.41) is 0. The van der Waals surface area contributed by atoms with Crippen molar-refractivity contribution in [3.63, 3.8) is 0 Å². The predicted molar refractivity (Wildman–Crippen MR) is 46.3 cm³/mol. The van der Waals surface area contributed by atoms with Gasteiger partial charge in [0.2, 0.25) is 0 Å². The van der Waals surface area contributed by atoms with Crippen molar-refractivity contribution in [3.8, 4) is 5.75 Å². The van der Waals surface area contributed by atoms with Crippen molar-refractivity contribution in [2.45, 2.75) is 6.36 Å². The molecule has 0 aliphatic carbocycles. The Bertz CT molecular complexity index is 333. The second-order valence-corrected chi connectivity index (χ2v) is 2.48. The van der Waals surface area contributed by atoms with E-state index in [9.17, 15) is 13.2 Å². The quantitative estimate of drug-likeness (QED) is 0.801. The Morgan fingerprint density at radius 3 is 2.57 bits per heavy atom. The molecule has 0 bridgehead atoms. The fourth-order valence-corrected chi connectivity index (χ4v) is 0.926. The maximum absolute atomic E-state index is 11.8. The van der Waals surface area contributed by atoms with Crippen LogP contribution < -0.4 is 10.5 Å². The fraction of sp³-hybridized carbons (Fsp3) is 0.111. The lowest BCUT2D eigenvalue weighted by Gasteiger charge is -2.08. The molecule has 0 saturated carbocycles. The second-order valence-electron chi connectivity index (χ2n) is 2.48. The predicted octanol–water partition coefficient (Wildman–Crippen LogP) is 2.51. The molecule has 2 nitrogen and oxygen atoms in total. The van der Waals surface area contributed by atoms with E-state index in [0.717, 1.165) is 0 Å². The first-order valence-corrected chi connectivity index (χ1v) is 3.75. The van der Waals surface area contributed by atoms with Gasteiger partial charge in [0.1, 0.15) is 5.75 Å². The highest BCUT2D eigenvalue weighted by atomic mass is 19.4. The average molecular weight is 203 g/mol. The molecule has 1 aromatic rings. The average Bonchev–Trinajstić information content (AvgIpc) is 2.02. The number of ether oxygens (including phenoxy) is 1. The molecule has 14 heavy (non-hydrogen) atoms. The van der Waals surface area contributed by atoms with Gasteiger partial charge in [-0.2, -0.15) is 0 Å². The van der Waals surface area contributed by atoms with E-state index in [2.05, 4.69) is 4.74 Å². The molecule has 0 atom stereocenters. The smallest absolute Gasteiger partial charge is 0.406 e. The lowest BCUT2D eigenvalue weighted by Crippen LogP contribution is -2.17. The Morgan fingerprint density at radius 1 is 1.29 bits per heavy atom. The van der Waals surface area contributed by atoms with Gasteiger partial charge in [0.15, 0.2) is 0 Å². The first-order chi connectivity index (χ1) is 6.51. The van der Waals surface area contributed by atoms with Crippen molar-refractivity contribution in [3.05, 3.63) is 36.0 Å². The minimum Gasteiger partial charge on any atom is -0.406 e. The van der Waals surface area contributed by atoms with Crippen LogP contribution in [0.1, 0.15) is 5.56 Å². The normalized spacial score (nSPS) is 11.9. The summed E-state index contributed by atoms with van der Waals surface area (Å²) in [7, 11) is 0. The van der Waals surface area contributed by atoms with Gasteiger partial charge in [-0.25, -0.2) is 0 Å². The Labute approximate surface area is 78.8 Å². The number of benzene rings is 1. The Morgan fingerprint density at radius 2 is 2.00 bits per heavy atom. The lowest BCUT2D eigenvalue weighted by molar-refractivity contribution is -0.274. The van der Waals surface area contributed by atoms with E-state index in [1.807, 2.05) is 0 Å². The van der Waals surface area contributed by atoms with Crippen LogP contribution >= 0.6 is 0 Å². The molecule has 0 saturated heterocycles. The Hall–Kier alpha value is -1.65. The summed E-state index contributed by atoms with van der Waals surface area (Å²) >= 11 is 0. The maximum Gasteiger partial charge on any atom is 0.573 e. The van der Waals surface area contributed by atoms with E-state index >= 15 is 0 Å². The minimum atomic E-state index is -4.66. The zero-order valence-electron chi connectivity index (χ0n) is 7.08. The molecule has 0 aliphatic heterocycles. The minimum absolute atomic E-state index is 0.256. The summed E-state index contributed by atoms with van der Waals surface area (Å²) in [6.07, 6.45) is -1.94. The molecule has 0 fully saturated rings. The summed E-state index contributed by atoms with van der Waals surface area (Å²) < 4.78 is 39.1. The largest absolute Gasteiger partial charge is 0.573 e. The zero-order chi connectivity index (χ0) is 10.6. The number of hydrogen-bond donors (Lipinski definition) is 1. The highest BCUT2D eigenvalue weighted by Crippen LogP contribution is 2.23. The summed E-state index contributed by atoms with van der Waals surface area (Å²) in [6.45, 7) is 0. The van der Waals surface area contributed by atoms with Gasteiger partial charge < -0.3 is 10.5 Å². The van der Waals surface area contributed by atoms with Gasteiger partial charge in [-0.3, -0.25) is 0 Å². The maximum atomic E-state index is 11.8. The van der Waals surface area contributed by atoms with Crippen LogP contribution in [0.15, 0.2) is 30.5 Å². The number of rotatable bonds is 2. The molecule has 0 heterocycles. The SMILES string of the molecule is NC=Cc1cccc(OC(F)(F)F)c1. The van der Waals surface area contributed by atoms with Gasteiger partial charge in [-0.1, -0.05) is 12.1 Å². The molecular formula is C9H8F3NO. The van der Waals surface area contributed by atoms with E-state index in [1.165, 1.54) is 30.5 Å². The van der Waals surface area contributed by atoms with Gasteiger partial charge in [0.25, 0.3) is 0 Å². The second kappa shape index (κ2) is 4.04. The van der Waals surface area contributed by atoms with Gasteiger partial charge in [-0.05, 0) is 30.0 Å². The highest BCUT2D eigenvalue weighted by Gasteiger charge is 2.30. The zero-order valence-corrected chi connectivity index (χ0v) is 7.08. The van der Waals surface area contributed by atoms with Crippen molar-refractivity contribution < 1.29 is 17.9 Å². The molecule has 0 amide bonds. The summed E-state index contributed by atoms with van der Waals surface area (Å²) in [6, 6.07) is 5.54. The molecule has 2 N–H and O–H groups in total. The summed E-state index contributed by atoms with van der Waals surface area (Å²) in [5.41, 5.74) is 5.64. The van der Waals surface area contributed by atoms with E-state index in [-0.39, 0.29) is 5.75 Å². The fourth-order valence-electron chi connectivity index (χ4n) is 0.926. The third-order valence-electron chi connectivity index (χ3n) is 1.38. The monoisotopic (exact) mass is 203 g/mol. The Balaban J connectivity index is 2.84. The van der Waals surface area contributed by atoms with E-state index < -0.39 is 6.36 Å². The van der Waals surface area contributed by atoms with Crippen LogP contribution in [0.25, 0.3) is 6.08 Å². The van der Waals surface area contributed by atoms with Crippen LogP contribution in [0.4, 0.5) is 13.2 Å². The van der Waals surface area contributed by atoms with Crippen LogP contribution in [0.2, 0.25) is 0 Å². The topological polar surface area (TPSA) is 35.2 Å². The molecule has 76 valence electrons. The molecule has 1 aromatic carbocycles. The van der Waals surface area contributed by atoms with Gasteiger partial charge in [0.05, 0.1) is 0 Å². The van der Waals surface area contributed by atoms with Gasteiger partial charge in [0, 0.05) is 0 Å². The van der Waals surface area contributed by atoms with E-state index in [1.54, 1.807) is 6.07 Å². The van der Waals surface area contributed by atoms with Crippen LogP contribution in [0.3, 0.4) is 0 Å². The number of halogens is 3. The summed E-state index contributed by atoms with van der Waals surface area (Å²) in [4.78, 5) is 0. The number of alkyl halides is 3. The van der Waals surface area contributed by atoms with Crippen molar-refractivity contribution >= 4 is 6.08 Å². The molecule has 0 aliphatic rings. The Kier molecular flexibility index (Phi) is 3.01. The van der Waals surface area contributed by atoms with Gasteiger partial charge in [-0.15, -0.1) is 13.2 Å². The molecule has 1 rings (SSSR count). The van der Waals surface area contributed by atoms with Crippen LogP contribution in [-0.4, -0.2) is 6.36 Å². The number of nitrogens with two attached hydrogens (primary N) is 1. The third kappa shape index (κ3) is 3.38. The van der Waals surface area contributed by atoms with Crippen LogP contribution in [-0.2, 0) is 0 Å². The van der Waals surface area contributed by atoms with E-state index in [4.69, 9.17) is 5.73 Å². The van der Waals surface area contributed by atoms with Crippen LogP contribution in [0, 0.1) is 0 Å². The first kappa shape index (κ1) is 10.4. The van der Waals surface area contributed by atoms with Crippen molar-refractivity contribution in [1.29, 1.82) is 0 Å². The van der Waals surface area contributed by atoms with E-state index in [0.29, 0.717) is 5.56 Å². The van der Waals surface area contributed by atoms with Gasteiger partial charge >= 0.3 is 6.36 Å². The standard InChI is InChI=1S/C9H8F3NO/c10-9(11,12)14-8-3-1-2-7(6-8)4-5-13/h1-6H,13H2. The molecular weight excluding hydrogens is 195 g/mol. The molecule has 0 spiro atoms. The molecule has 5 heteroatoms. The van der Waals surface area contributed by atoms with Crippen molar-refractivity contribution in [2.24, 2.45) is 5.73 Å². The number of hydrogen-bond acceptors (Lipinski definition) is 2. The van der Waals surface area contributed by atoms with Crippen molar-refractivity contribution in [1.82, 2.24) is 0 Å². The molecule has 0 radical (unpaired) electrons. The lowest BCUT2D eigenvalue weighted by atomic mass is 10.2. The van der Waals surface area contributed by atoms with Crippen LogP contribution in [0.5, 0.6) is 5.75 Å². The highest BCUT2D eigenvalue weighted by molar-refractivity contribution is 5.51. The van der Waals surface area contributed by atoms with Crippen molar-refractivity contribution in [2.75, 3.05) is 0 Å².